The highest BCUT2D eigenvalue weighted by Gasteiger charge is 2.48. The van der Waals surface area contributed by atoms with Gasteiger partial charge in [-0.15, -0.1) is 0 Å². The summed E-state index contributed by atoms with van der Waals surface area (Å²) < 4.78 is 43.2. The minimum atomic E-state index is -2.59. The number of hydrogen-bond donors (Lipinski definition) is 0. The second kappa shape index (κ2) is 7.75. The van der Waals surface area contributed by atoms with E-state index in [0.29, 0.717) is 25.6 Å². The van der Waals surface area contributed by atoms with Gasteiger partial charge in [0, 0.05) is 31.1 Å². The monoisotopic (exact) mass is 362 g/mol. The Morgan fingerprint density at radius 3 is 1.80 bits per heavy atom. The van der Waals surface area contributed by atoms with E-state index in [1.54, 1.807) is 0 Å². The van der Waals surface area contributed by atoms with E-state index in [4.69, 9.17) is 0 Å². The number of likely N-dealkylation sites (tertiary alicyclic amines) is 2. The number of alkyl halides is 3. The van der Waals surface area contributed by atoms with Gasteiger partial charge in [0.05, 0.1) is 6.54 Å². The van der Waals surface area contributed by atoms with Crippen molar-refractivity contribution in [1.29, 1.82) is 0 Å². The highest BCUT2D eigenvalue weighted by Crippen LogP contribution is 2.39. The molecule has 5 heteroatoms. The maximum Gasteiger partial charge on any atom is 0.263 e. The van der Waals surface area contributed by atoms with E-state index >= 15 is 0 Å². The summed E-state index contributed by atoms with van der Waals surface area (Å²) in [5.41, 5.74) is -1.04. The summed E-state index contributed by atoms with van der Waals surface area (Å²) in [6.07, 6.45) is 2.40. The first-order chi connectivity index (χ1) is 11.5. The van der Waals surface area contributed by atoms with Crippen molar-refractivity contribution in [2.24, 2.45) is 17.8 Å². The number of rotatable bonds is 7. The summed E-state index contributed by atoms with van der Waals surface area (Å²) in [5, 5.41) is 0. The fourth-order valence-electron chi connectivity index (χ4n) is 4.33. The van der Waals surface area contributed by atoms with Crippen molar-refractivity contribution >= 4 is 0 Å². The molecule has 3 atom stereocenters. The van der Waals surface area contributed by atoms with Crippen LogP contribution in [0.5, 0.6) is 0 Å². The van der Waals surface area contributed by atoms with Crippen LogP contribution in [0.4, 0.5) is 13.2 Å². The minimum Gasteiger partial charge on any atom is -0.295 e. The van der Waals surface area contributed by atoms with Crippen LogP contribution in [-0.2, 0) is 0 Å². The lowest BCUT2D eigenvalue weighted by Crippen LogP contribution is -2.64. The molecule has 0 aromatic rings. The molecule has 3 unspecified atom stereocenters. The summed E-state index contributed by atoms with van der Waals surface area (Å²) >= 11 is 0. The van der Waals surface area contributed by atoms with E-state index in [2.05, 4.69) is 18.7 Å². The zero-order valence-electron chi connectivity index (χ0n) is 16.9. The first-order valence-electron chi connectivity index (χ1n) is 10.0. The van der Waals surface area contributed by atoms with E-state index in [9.17, 15) is 13.2 Å². The zero-order valence-corrected chi connectivity index (χ0v) is 16.9. The SMILES string of the molecule is CC(C)C1CCN(C(C)CCC(C)N2CC(F)(C(C)C)C2)CC1(F)F. The quantitative estimate of drug-likeness (QED) is 0.640. The predicted octanol–water partition coefficient (Wildman–Crippen LogP) is 4.84. The molecule has 25 heavy (non-hydrogen) atoms. The molecule has 0 spiro atoms. The Bertz CT molecular complexity index is 433. The molecule has 2 aliphatic rings. The molecule has 0 bridgehead atoms. The zero-order chi connectivity index (χ0) is 19.0. The lowest BCUT2D eigenvalue weighted by molar-refractivity contribution is -0.133. The third-order valence-corrected chi connectivity index (χ3v) is 6.70. The average Bonchev–Trinajstić information content (AvgIpc) is 2.47. The standard InChI is InChI=1S/C20H37F3N2/c1-14(2)18-9-10-24(13-20(18,22)23)16(5)7-8-17(6)25-11-19(21,12-25)15(3)4/h14-18H,7-13H2,1-6H3. The predicted molar refractivity (Wildman–Crippen MR) is 97.9 cm³/mol. The average molecular weight is 363 g/mol. The third kappa shape index (κ3) is 4.71. The molecule has 0 amide bonds. The van der Waals surface area contributed by atoms with E-state index in [1.165, 1.54) is 0 Å². The van der Waals surface area contributed by atoms with Crippen LogP contribution < -0.4 is 0 Å². The second-order valence-corrected chi connectivity index (χ2v) is 9.24. The topological polar surface area (TPSA) is 6.48 Å². The van der Waals surface area contributed by atoms with Crippen LogP contribution in [0.15, 0.2) is 0 Å². The molecule has 2 rings (SSSR count). The Morgan fingerprint density at radius 1 is 0.840 bits per heavy atom. The van der Waals surface area contributed by atoms with Crippen LogP contribution in [0.1, 0.15) is 60.8 Å². The van der Waals surface area contributed by atoms with Gasteiger partial charge in [-0.05, 0) is 51.5 Å². The molecule has 0 radical (unpaired) electrons. The van der Waals surface area contributed by atoms with Crippen molar-refractivity contribution in [3.05, 3.63) is 0 Å². The highest BCUT2D eigenvalue weighted by molar-refractivity contribution is 5.00. The van der Waals surface area contributed by atoms with E-state index in [1.807, 2.05) is 32.6 Å². The Labute approximate surface area is 152 Å². The summed E-state index contributed by atoms with van der Waals surface area (Å²) in [7, 11) is 0. The van der Waals surface area contributed by atoms with Crippen LogP contribution in [0.2, 0.25) is 0 Å². The molecule has 0 saturated carbocycles. The summed E-state index contributed by atoms with van der Waals surface area (Å²) in [5.74, 6) is -3.00. The van der Waals surface area contributed by atoms with Gasteiger partial charge in [-0.1, -0.05) is 27.7 Å². The van der Waals surface area contributed by atoms with Crippen LogP contribution in [0.25, 0.3) is 0 Å². The molecule has 0 aromatic heterocycles. The van der Waals surface area contributed by atoms with Gasteiger partial charge in [-0.25, -0.2) is 13.2 Å². The molecule has 0 aromatic carbocycles. The molecule has 2 saturated heterocycles. The Balaban J connectivity index is 1.77. The smallest absolute Gasteiger partial charge is 0.263 e. The van der Waals surface area contributed by atoms with Crippen molar-refractivity contribution in [2.75, 3.05) is 26.2 Å². The normalized spacial score (nSPS) is 29.6. The number of nitrogens with zero attached hydrogens (tertiary/aromatic N) is 2. The van der Waals surface area contributed by atoms with Gasteiger partial charge in [0.2, 0.25) is 0 Å². The maximum atomic E-state index is 14.4. The molecular weight excluding hydrogens is 325 g/mol. The van der Waals surface area contributed by atoms with Gasteiger partial charge in [-0.3, -0.25) is 9.80 Å². The molecule has 2 nitrogen and oxygen atoms in total. The lowest BCUT2D eigenvalue weighted by atomic mass is 9.82. The molecule has 0 aliphatic carbocycles. The maximum absolute atomic E-state index is 14.4. The number of halogens is 3. The summed E-state index contributed by atoms with van der Waals surface area (Å²) in [6, 6.07) is 0.474. The Morgan fingerprint density at radius 2 is 1.36 bits per heavy atom. The van der Waals surface area contributed by atoms with Gasteiger partial charge in [0.25, 0.3) is 5.92 Å². The van der Waals surface area contributed by atoms with Crippen LogP contribution in [-0.4, -0.2) is 59.7 Å². The fourth-order valence-corrected chi connectivity index (χ4v) is 4.33. The van der Waals surface area contributed by atoms with Crippen molar-refractivity contribution in [1.82, 2.24) is 9.80 Å². The van der Waals surface area contributed by atoms with Crippen molar-refractivity contribution in [3.8, 4) is 0 Å². The van der Waals surface area contributed by atoms with Gasteiger partial charge in [0.15, 0.2) is 0 Å². The van der Waals surface area contributed by atoms with Crippen LogP contribution in [0, 0.1) is 17.8 Å². The molecule has 148 valence electrons. The van der Waals surface area contributed by atoms with Gasteiger partial charge in [0.1, 0.15) is 5.67 Å². The third-order valence-electron chi connectivity index (χ3n) is 6.70. The van der Waals surface area contributed by atoms with Crippen LogP contribution in [0.3, 0.4) is 0 Å². The minimum absolute atomic E-state index is 0.0285. The first kappa shape index (κ1) is 21.0. The van der Waals surface area contributed by atoms with Gasteiger partial charge in [-0.2, -0.15) is 0 Å². The van der Waals surface area contributed by atoms with Crippen LogP contribution >= 0.6 is 0 Å². The first-order valence-corrected chi connectivity index (χ1v) is 10.0. The molecular formula is C20H37F3N2. The Hall–Kier alpha value is -0.290. The fraction of sp³-hybridized carbons (Fsp3) is 1.00. The molecule has 2 aliphatic heterocycles. The van der Waals surface area contributed by atoms with Gasteiger partial charge >= 0.3 is 0 Å². The summed E-state index contributed by atoms with van der Waals surface area (Å²) in [4.78, 5) is 4.14. The largest absolute Gasteiger partial charge is 0.295 e. The van der Waals surface area contributed by atoms with Gasteiger partial charge < -0.3 is 0 Å². The lowest BCUT2D eigenvalue weighted by Gasteiger charge is -2.50. The second-order valence-electron chi connectivity index (χ2n) is 9.24. The van der Waals surface area contributed by atoms with Crippen molar-refractivity contribution in [2.45, 2.75) is 84.5 Å². The number of hydrogen-bond acceptors (Lipinski definition) is 2. The molecule has 0 N–H and O–H groups in total. The van der Waals surface area contributed by atoms with Crippen molar-refractivity contribution in [3.63, 3.8) is 0 Å². The van der Waals surface area contributed by atoms with Crippen molar-refractivity contribution < 1.29 is 13.2 Å². The highest BCUT2D eigenvalue weighted by atomic mass is 19.3. The van der Waals surface area contributed by atoms with E-state index < -0.39 is 17.5 Å². The molecule has 2 heterocycles. The van der Waals surface area contributed by atoms with E-state index in [-0.39, 0.29) is 24.4 Å². The number of piperidine rings is 1. The summed E-state index contributed by atoms with van der Waals surface area (Å²) in [6.45, 7) is 13.5. The molecule has 2 fully saturated rings. The Kier molecular flexibility index (Phi) is 6.52. The van der Waals surface area contributed by atoms with E-state index in [0.717, 1.165) is 19.4 Å².